The molecule has 102 valence electrons. The number of nitrogens with zero attached hydrogens (tertiary/aromatic N) is 2. The first kappa shape index (κ1) is 13.6. The van der Waals surface area contributed by atoms with Crippen molar-refractivity contribution in [2.24, 2.45) is 0 Å². The molecule has 0 saturated heterocycles. The van der Waals surface area contributed by atoms with Gasteiger partial charge in [-0.15, -0.1) is 6.58 Å². The lowest BCUT2D eigenvalue weighted by atomic mass is 10.2. The van der Waals surface area contributed by atoms with Gasteiger partial charge in [0.05, 0.1) is 7.11 Å². The largest absolute Gasteiger partial charge is 0.497 e. The maximum Gasteiger partial charge on any atom is 0.273 e. The third kappa shape index (κ3) is 3.13. The van der Waals surface area contributed by atoms with Gasteiger partial charge in [0, 0.05) is 24.8 Å². The van der Waals surface area contributed by atoms with Gasteiger partial charge >= 0.3 is 0 Å². The Labute approximate surface area is 114 Å². The summed E-state index contributed by atoms with van der Waals surface area (Å²) in [6.07, 6.45) is 7.91. The van der Waals surface area contributed by atoms with Gasteiger partial charge in [0.2, 0.25) is 0 Å². The van der Waals surface area contributed by atoms with Crippen molar-refractivity contribution in [3.8, 4) is 5.75 Å². The Kier molecular flexibility index (Phi) is 4.55. The second kappa shape index (κ2) is 6.36. The van der Waals surface area contributed by atoms with Crippen molar-refractivity contribution in [3.05, 3.63) is 36.7 Å². The fraction of sp³-hybridized carbons (Fsp3) is 0.467. The minimum absolute atomic E-state index is 0.0364. The van der Waals surface area contributed by atoms with Gasteiger partial charge < -0.3 is 9.64 Å². The van der Waals surface area contributed by atoms with E-state index in [1.54, 1.807) is 31.5 Å². The quantitative estimate of drug-likeness (QED) is 0.764. The molecule has 1 amide bonds. The van der Waals surface area contributed by atoms with E-state index in [0.29, 0.717) is 24.0 Å². The van der Waals surface area contributed by atoms with Crippen molar-refractivity contribution in [1.29, 1.82) is 0 Å². The summed E-state index contributed by atoms with van der Waals surface area (Å²) in [6.45, 7) is 4.31. The lowest BCUT2D eigenvalue weighted by Gasteiger charge is -2.27. The molecule has 1 aromatic heterocycles. The topological polar surface area (TPSA) is 42.4 Å². The number of pyridine rings is 1. The molecule has 0 bridgehead atoms. The van der Waals surface area contributed by atoms with E-state index in [1.165, 1.54) is 12.8 Å². The van der Waals surface area contributed by atoms with Crippen LogP contribution < -0.4 is 4.74 Å². The summed E-state index contributed by atoms with van der Waals surface area (Å²) in [6, 6.07) is 3.75. The highest BCUT2D eigenvalue weighted by molar-refractivity contribution is 5.93. The van der Waals surface area contributed by atoms with Crippen LogP contribution in [-0.2, 0) is 0 Å². The Morgan fingerprint density at radius 2 is 2.32 bits per heavy atom. The molecule has 0 spiro atoms. The Morgan fingerprint density at radius 3 is 2.95 bits per heavy atom. The van der Waals surface area contributed by atoms with Gasteiger partial charge in [-0.2, -0.15) is 0 Å². The van der Waals surface area contributed by atoms with Crippen LogP contribution in [-0.4, -0.2) is 35.5 Å². The van der Waals surface area contributed by atoms with E-state index in [-0.39, 0.29) is 5.91 Å². The lowest BCUT2D eigenvalue weighted by Crippen LogP contribution is -2.39. The summed E-state index contributed by atoms with van der Waals surface area (Å²) in [5, 5.41) is 0. The van der Waals surface area contributed by atoms with Crippen LogP contribution in [0.3, 0.4) is 0 Å². The van der Waals surface area contributed by atoms with Gasteiger partial charge in [0.15, 0.2) is 0 Å². The Hall–Kier alpha value is -1.84. The third-order valence-corrected chi connectivity index (χ3v) is 3.54. The van der Waals surface area contributed by atoms with Crippen LogP contribution in [0.1, 0.15) is 36.2 Å². The fourth-order valence-electron chi connectivity index (χ4n) is 2.56. The molecule has 0 atom stereocenters. The van der Waals surface area contributed by atoms with E-state index in [9.17, 15) is 4.79 Å². The van der Waals surface area contributed by atoms with E-state index in [0.717, 1.165) is 12.8 Å². The smallest absolute Gasteiger partial charge is 0.273 e. The Bertz CT molecular complexity index is 453. The highest BCUT2D eigenvalue weighted by Crippen LogP contribution is 2.25. The van der Waals surface area contributed by atoms with Crippen molar-refractivity contribution in [1.82, 2.24) is 9.88 Å². The Morgan fingerprint density at radius 1 is 1.58 bits per heavy atom. The summed E-state index contributed by atoms with van der Waals surface area (Å²) in [5.41, 5.74) is 0.438. The van der Waals surface area contributed by atoms with E-state index in [1.807, 2.05) is 4.90 Å². The second-order valence-corrected chi connectivity index (χ2v) is 4.77. The SMILES string of the molecule is C=CCN(C(=O)c1cc(OC)ccn1)C1CCCC1. The minimum Gasteiger partial charge on any atom is -0.497 e. The zero-order valence-corrected chi connectivity index (χ0v) is 11.3. The van der Waals surface area contributed by atoms with Gasteiger partial charge in [-0.05, 0) is 18.9 Å². The van der Waals surface area contributed by atoms with Crippen molar-refractivity contribution in [2.45, 2.75) is 31.7 Å². The molecule has 0 unspecified atom stereocenters. The first-order chi connectivity index (χ1) is 9.26. The van der Waals surface area contributed by atoms with Crippen molar-refractivity contribution in [2.75, 3.05) is 13.7 Å². The van der Waals surface area contributed by atoms with E-state index in [4.69, 9.17) is 4.74 Å². The van der Waals surface area contributed by atoms with E-state index < -0.39 is 0 Å². The van der Waals surface area contributed by atoms with Crippen LogP contribution in [0.5, 0.6) is 5.75 Å². The molecule has 0 aromatic carbocycles. The molecule has 1 fully saturated rings. The number of amides is 1. The highest BCUT2D eigenvalue weighted by Gasteiger charge is 2.27. The fourth-order valence-corrected chi connectivity index (χ4v) is 2.56. The maximum atomic E-state index is 12.6. The molecule has 0 N–H and O–H groups in total. The monoisotopic (exact) mass is 260 g/mol. The number of methoxy groups -OCH3 is 1. The molecule has 2 rings (SSSR count). The van der Waals surface area contributed by atoms with Crippen molar-refractivity contribution >= 4 is 5.91 Å². The number of aromatic nitrogens is 1. The average Bonchev–Trinajstić information content (AvgIpc) is 2.98. The van der Waals surface area contributed by atoms with Gasteiger partial charge in [-0.25, -0.2) is 0 Å². The molecule has 1 aliphatic rings. The standard InChI is InChI=1S/C15H20N2O2/c1-3-10-17(12-6-4-5-7-12)15(18)14-11-13(19-2)8-9-16-14/h3,8-9,11-12H,1,4-7,10H2,2H3. The third-order valence-electron chi connectivity index (χ3n) is 3.54. The second-order valence-electron chi connectivity index (χ2n) is 4.77. The van der Waals surface area contributed by atoms with Gasteiger partial charge in [0.1, 0.15) is 11.4 Å². The van der Waals surface area contributed by atoms with Gasteiger partial charge in [-0.1, -0.05) is 18.9 Å². The zero-order valence-electron chi connectivity index (χ0n) is 11.3. The molecule has 0 aliphatic heterocycles. The van der Waals surface area contributed by atoms with Crippen LogP contribution in [0.25, 0.3) is 0 Å². The number of hydrogen-bond acceptors (Lipinski definition) is 3. The van der Waals surface area contributed by atoms with Gasteiger partial charge in [0.25, 0.3) is 5.91 Å². The number of carbonyl (C=O) groups is 1. The predicted molar refractivity (Wildman–Crippen MR) is 74.3 cm³/mol. The number of hydrogen-bond donors (Lipinski definition) is 0. The summed E-state index contributed by atoms with van der Waals surface area (Å²) in [7, 11) is 1.59. The molecule has 1 aromatic rings. The zero-order chi connectivity index (χ0) is 13.7. The molecule has 0 radical (unpaired) electrons. The number of rotatable bonds is 5. The molecule has 4 heteroatoms. The summed E-state index contributed by atoms with van der Waals surface area (Å²) in [5.74, 6) is 0.619. The molecule has 4 nitrogen and oxygen atoms in total. The molecule has 1 heterocycles. The highest BCUT2D eigenvalue weighted by atomic mass is 16.5. The Balaban J connectivity index is 2.19. The summed E-state index contributed by atoms with van der Waals surface area (Å²) < 4.78 is 5.14. The van der Waals surface area contributed by atoms with Crippen molar-refractivity contribution in [3.63, 3.8) is 0 Å². The van der Waals surface area contributed by atoms with Gasteiger partial charge in [-0.3, -0.25) is 9.78 Å². The van der Waals surface area contributed by atoms with Crippen LogP contribution in [0.15, 0.2) is 31.0 Å². The number of ether oxygens (including phenoxy) is 1. The molecular formula is C15H20N2O2. The summed E-state index contributed by atoms with van der Waals surface area (Å²) >= 11 is 0. The molecule has 19 heavy (non-hydrogen) atoms. The van der Waals surface area contributed by atoms with E-state index >= 15 is 0 Å². The maximum absolute atomic E-state index is 12.6. The first-order valence-corrected chi connectivity index (χ1v) is 6.68. The van der Waals surface area contributed by atoms with Crippen LogP contribution in [0.4, 0.5) is 0 Å². The summed E-state index contributed by atoms with van der Waals surface area (Å²) in [4.78, 5) is 18.6. The minimum atomic E-state index is -0.0364. The van der Waals surface area contributed by atoms with Crippen LogP contribution in [0.2, 0.25) is 0 Å². The normalized spacial score (nSPS) is 15.2. The predicted octanol–water partition coefficient (Wildman–Crippen LogP) is 2.66. The van der Waals surface area contributed by atoms with Crippen molar-refractivity contribution < 1.29 is 9.53 Å². The van der Waals surface area contributed by atoms with Crippen LogP contribution in [0, 0.1) is 0 Å². The first-order valence-electron chi connectivity index (χ1n) is 6.68. The molecular weight excluding hydrogens is 240 g/mol. The van der Waals surface area contributed by atoms with E-state index in [2.05, 4.69) is 11.6 Å². The van der Waals surface area contributed by atoms with Crippen LogP contribution >= 0.6 is 0 Å². The molecule has 1 aliphatic carbocycles. The molecule has 1 saturated carbocycles. The lowest BCUT2D eigenvalue weighted by molar-refractivity contribution is 0.0700. The average molecular weight is 260 g/mol. The number of carbonyl (C=O) groups excluding carboxylic acids is 1.